The summed E-state index contributed by atoms with van der Waals surface area (Å²) in [7, 11) is 1.39. The fraction of sp³-hybridized carbons (Fsp3) is 0.417. The summed E-state index contributed by atoms with van der Waals surface area (Å²) in [6, 6.07) is 2.47. The van der Waals surface area contributed by atoms with E-state index in [4.69, 9.17) is 9.84 Å². The summed E-state index contributed by atoms with van der Waals surface area (Å²) >= 11 is 3.14. The van der Waals surface area contributed by atoms with Crippen molar-refractivity contribution in [3.63, 3.8) is 0 Å². The molecular weight excluding hydrogens is 275 g/mol. The minimum atomic E-state index is -1.14. The summed E-state index contributed by atoms with van der Waals surface area (Å²) in [6.45, 7) is 2.00. The molecule has 6 heteroatoms. The highest BCUT2D eigenvalue weighted by molar-refractivity contribution is 8.16. The monoisotopic (exact) mass is 290 g/mol. The highest BCUT2D eigenvalue weighted by Gasteiger charge is 2.21. The Morgan fingerprint density at radius 2 is 2.22 bits per heavy atom. The number of ether oxygens (including phenoxy) is 1. The maximum absolute atomic E-state index is 13.8. The van der Waals surface area contributed by atoms with Crippen LogP contribution in [0.2, 0.25) is 0 Å². The third-order valence-corrected chi connectivity index (χ3v) is 4.87. The summed E-state index contributed by atoms with van der Waals surface area (Å²) in [5.41, 5.74) is 0.522. The summed E-state index contributed by atoms with van der Waals surface area (Å²) in [5.74, 6) is -0.796. The number of hydrogen-bond acceptors (Lipinski definition) is 4. The topological polar surface area (TPSA) is 46.5 Å². The van der Waals surface area contributed by atoms with E-state index in [2.05, 4.69) is 0 Å². The quantitative estimate of drug-likeness (QED) is 0.810. The van der Waals surface area contributed by atoms with Gasteiger partial charge in [-0.25, -0.2) is 9.18 Å². The molecule has 0 saturated heterocycles. The Balaban J connectivity index is 3.32. The van der Waals surface area contributed by atoms with E-state index in [0.29, 0.717) is 5.56 Å². The van der Waals surface area contributed by atoms with Crippen LogP contribution < -0.4 is 4.74 Å². The van der Waals surface area contributed by atoms with Gasteiger partial charge in [0.2, 0.25) is 0 Å². The zero-order valence-electron chi connectivity index (χ0n) is 10.4. The van der Waals surface area contributed by atoms with Gasteiger partial charge in [-0.3, -0.25) is 0 Å². The van der Waals surface area contributed by atoms with Crippen molar-refractivity contribution in [3.05, 3.63) is 29.1 Å². The SMILES string of the molecule is CCSC(SC)c1cc(C(=O)O)cc(F)c1OC. The molecule has 1 aromatic rings. The largest absolute Gasteiger partial charge is 0.493 e. The lowest BCUT2D eigenvalue weighted by atomic mass is 10.1. The van der Waals surface area contributed by atoms with Gasteiger partial charge in [0.05, 0.1) is 17.3 Å². The molecule has 3 nitrogen and oxygen atoms in total. The van der Waals surface area contributed by atoms with E-state index in [9.17, 15) is 9.18 Å². The number of carboxylic acids is 1. The van der Waals surface area contributed by atoms with Crippen molar-refractivity contribution >= 4 is 29.5 Å². The molecule has 1 aromatic carbocycles. The highest BCUT2D eigenvalue weighted by atomic mass is 32.2. The maximum Gasteiger partial charge on any atom is 0.335 e. The van der Waals surface area contributed by atoms with Gasteiger partial charge in [0.1, 0.15) is 0 Å². The molecule has 100 valence electrons. The Labute approximate surface area is 114 Å². The summed E-state index contributed by atoms with van der Waals surface area (Å²) in [6.07, 6.45) is 1.90. The molecule has 0 heterocycles. The maximum atomic E-state index is 13.8. The van der Waals surface area contributed by atoms with Gasteiger partial charge in [0, 0.05) is 5.56 Å². The molecule has 1 unspecified atom stereocenters. The Morgan fingerprint density at radius 3 is 2.67 bits per heavy atom. The molecule has 0 spiro atoms. The van der Waals surface area contributed by atoms with Crippen molar-refractivity contribution in [2.24, 2.45) is 0 Å². The van der Waals surface area contributed by atoms with Crippen molar-refractivity contribution < 1.29 is 19.0 Å². The van der Waals surface area contributed by atoms with Crippen LogP contribution in [0.1, 0.15) is 27.4 Å². The Morgan fingerprint density at radius 1 is 1.56 bits per heavy atom. The lowest BCUT2D eigenvalue weighted by Crippen LogP contribution is -2.04. The van der Waals surface area contributed by atoms with Crippen LogP contribution in [0.3, 0.4) is 0 Å². The Bertz CT molecular complexity index is 438. The van der Waals surface area contributed by atoms with Gasteiger partial charge in [-0.1, -0.05) is 6.92 Å². The molecule has 0 aliphatic rings. The number of aromatic carboxylic acids is 1. The molecule has 1 N–H and O–H groups in total. The van der Waals surface area contributed by atoms with E-state index < -0.39 is 11.8 Å². The van der Waals surface area contributed by atoms with Crippen LogP contribution in [-0.4, -0.2) is 30.2 Å². The number of carbonyl (C=O) groups is 1. The average Bonchev–Trinajstić information content (AvgIpc) is 2.34. The fourth-order valence-corrected chi connectivity index (χ4v) is 3.60. The first-order valence-electron chi connectivity index (χ1n) is 5.30. The first kappa shape index (κ1) is 15.2. The normalized spacial score (nSPS) is 12.2. The van der Waals surface area contributed by atoms with Crippen molar-refractivity contribution in [1.29, 1.82) is 0 Å². The second-order valence-electron chi connectivity index (χ2n) is 3.41. The number of benzene rings is 1. The Kier molecular flexibility index (Phi) is 5.81. The van der Waals surface area contributed by atoms with Gasteiger partial charge < -0.3 is 9.84 Å². The molecule has 1 atom stereocenters. The van der Waals surface area contributed by atoms with Gasteiger partial charge in [-0.15, -0.1) is 23.5 Å². The Hall–Kier alpha value is -0.880. The van der Waals surface area contributed by atoms with Crippen LogP contribution >= 0.6 is 23.5 Å². The number of thioether (sulfide) groups is 2. The molecule has 0 aromatic heterocycles. The highest BCUT2D eigenvalue weighted by Crippen LogP contribution is 2.43. The third kappa shape index (κ3) is 3.32. The number of methoxy groups -OCH3 is 1. The summed E-state index contributed by atoms with van der Waals surface area (Å²) in [5, 5.41) is 8.96. The molecule has 0 saturated carbocycles. The molecule has 1 rings (SSSR count). The van der Waals surface area contributed by atoms with E-state index in [1.54, 1.807) is 11.8 Å². The van der Waals surface area contributed by atoms with Crippen LogP contribution in [0.4, 0.5) is 4.39 Å². The first-order chi connectivity index (χ1) is 8.54. The van der Waals surface area contributed by atoms with Gasteiger partial charge in [-0.05, 0) is 24.1 Å². The van der Waals surface area contributed by atoms with E-state index in [1.165, 1.54) is 24.9 Å². The van der Waals surface area contributed by atoms with Crippen LogP contribution in [0.15, 0.2) is 12.1 Å². The van der Waals surface area contributed by atoms with E-state index >= 15 is 0 Å². The number of halogens is 1. The molecule has 18 heavy (non-hydrogen) atoms. The summed E-state index contributed by atoms with van der Waals surface area (Å²) in [4.78, 5) is 11.0. The molecule has 0 aliphatic carbocycles. The van der Waals surface area contributed by atoms with Gasteiger partial charge in [-0.2, -0.15) is 0 Å². The smallest absolute Gasteiger partial charge is 0.335 e. The van der Waals surface area contributed by atoms with Crippen molar-refractivity contribution in [2.75, 3.05) is 19.1 Å². The van der Waals surface area contributed by atoms with Crippen molar-refractivity contribution in [3.8, 4) is 5.75 Å². The minimum Gasteiger partial charge on any atom is -0.493 e. The lowest BCUT2D eigenvalue weighted by molar-refractivity contribution is 0.0696. The van der Waals surface area contributed by atoms with Gasteiger partial charge in [0.25, 0.3) is 0 Å². The van der Waals surface area contributed by atoms with Gasteiger partial charge in [0.15, 0.2) is 11.6 Å². The predicted octanol–water partition coefficient (Wildman–Crippen LogP) is 3.65. The number of carboxylic acid groups (broad SMARTS) is 1. The van der Waals surface area contributed by atoms with E-state index in [0.717, 1.165) is 11.8 Å². The van der Waals surface area contributed by atoms with Gasteiger partial charge >= 0.3 is 5.97 Å². The van der Waals surface area contributed by atoms with E-state index in [-0.39, 0.29) is 15.9 Å². The predicted molar refractivity (Wildman–Crippen MR) is 74.3 cm³/mol. The molecule has 0 fully saturated rings. The number of rotatable bonds is 6. The first-order valence-corrected chi connectivity index (χ1v) is 7.63. The summed E-state index contributed by atoms with van der Waals surface area (Å²) < 4.78 is 18.8. The molecule has 0 radical (unpaired) electrons. The molecule has 0 bridgehead atoms. The molecule has 0 aliphatic heterocycles. The van der Waals surface area contributed by atoms with E-state index in [1.807, 2.05) is 13.2 Å². The van der Waals surface area contributed by atoms with Crippen LogP contribution in [0.5, 0.6) is 5.75 Å². The lowest BCUT2D eigenvalue weighted by Gasteiger charge is -2.18. The van der Waals surface area contributed by atoms with Crippen molar-refractivity contribution in [1.82, 2.24) is 0 Å². The second kappa shape index (κ2) is 6.89. The second-order valence-corrected chi connectivity index (χ2v) is 6.03. The van der Waals surface area contributed by atoms with Crippen LogP contribution in [0, 0.1) is 5.82 Å². The van der Waals surface area contributed by atoms with Crippen molar-refractivity contribution in [2.45, 2.75) is 11.5 Å². The molecule has 0 amide bonds. The zero-order valence-corrected chi connectivity index (χ0v) is 12.0. The fourth-order valence-electron chi connectivity index (χ4n) is 1.56. The number of hydrogen-bond donors (Lipinski definition) is 1. The van der Waals surface area contributed by atoms with Crippen LogP contribution in [0.25, 0.3) is 0 Å². The van der Waals surface area contributed by atoms with Crippen LogP contribution in [-0.2, 0) is 0 Å². The molecular formula is C12H15FO3S2. The standard InChI is InChI=1S/C12H15FO3S2/c1-4-18-12(17-3)8-5-7(11(14)15)6-9(13)10(8)16-2/h5-6,12H,4H2,1-3H3,(H,14,15). The zero-order chi connectivity index (χ0) is 13.7. The average molecular weight is 290 g/mol. The third-order valence-electron chi connectivity index (χ3n) is 2.31. The minimum absolute atomic E-state index is 0.0428.